The van der Waals surface area contributed by atoms with Gasteiger partial charge in [-0.1, -0.05) is 11.6 Å². The minimum absolute atomic E-state index is 0.437. The van der Waals surface area contributed by atoms with Crippen molar-refractivity contribution >= 4 is 22.6 Å². The van der Waals surface area contributed by atoms with E-state index in [1.807, 2.05) is 36.3 Å². The first-order valence-corrected chi connectivity index (χ1v) is 9.07. The molecule has 1 aliphatic carbocycles. The molecule has 0 aliphatic heterocycles. The zero-order chi connectivity index (χ0) is 17.2. The van der Waals surface area contributed by atoms with Crippen molar-refractivity contribution in [3.8, 4) is 11.1 Å². The van der Waals surface area contributed by atoms with E-state index in [0.717, 1.165) is 41.5 Å². The summed E-state index contributed by atoms with van der Waals surface area (Å²) in [7, 11) is 1.81. The minimum atomic E-state index is 0.437. The summed E-state index contributed by atoms with van der Waals surface area (Å²) in [5.74, 6) is 0.675. The lowest BCUT2D eigenvalue weighted by atomic mass is 9.87. The van der Waals surface area contributed by atoms with E-state index in [1.165, 1.54) is 12.8 Å². The lowest BCUT2D eigenvalue weighted by Gasteiger charge is -2.27. The van der Waals surface area contributed by atoms with E-state index in [0.29, 0.717) is 17.2 Å². The van der Waals surface area contributed by atoms with Gasteiger partial charge in [0.2, 0.25) is 0 Å². The van der Waals surface area contributed by atoms with E-state index in [1.54, 1.807) is 6.07 Å². The molecule has 1 fully saturated rings. The fraction of sp³-hybridized carbons (Fsp3) is 0.421. The molecule has 0 amide bonds. The van der Waals surface area contributed by atoms with E-state index in [-0.39, 0.29) is 0 Å². The number of hydrogen-bond acceptors (Lipinski definition) is 4. The summed E-state index contributed by atoms with van der Waals surface area (Å²) < 4.78 is 7.49. The number of rotatable bonds is 4. The maximum atomic E-state index is 5.99. The number of methoxy groups -OCH3 is 1. The molecule has 6 heteroatoms. The summed E-state index contributed by atoms with van der Waals surface area (Å²) in [4.78, 5) is 8.81. The highest BCUT2D eigenvalue weighted by Crippen LogP contribution is 2.28. The molecule has 0 atom stereocenters. The van der Waals surface area contributed by atoms with Crippen molar-refractivity contribution in [2.24, 2.45) is 5.92 Å². The Morgan fingerprint density at radius 3 is 2.76 bits per heavy atom. The van der Waals surface area contributed by atoms with Crippen LogP contribution in [0, 0.1) is 5.92 Å². The van der Waals surface area contributed by atoms with Gasteiger partial charge in [-0.2, -0.15) is 5.10 Å². The van der Waals surface area contributed by atoms with Crippen LogP contribution >= 0.6 is 11.6 Å². The highest BCUT2D eigenvalue weighted by molar-refractivity contribution is 6.29. The van der Waals surface area contributed by atoms with Gasteiger partial charge in [0.05, 0.1) is 23.3 Å². The van der Waals surface area contributed by atoms with E-state index >= 15 is 0 Å². The summed E-state index contributed by atoms with van der Waals surface area (Å²) in [5.41, 5.74) is 3.71. The maximum Gasteiger partial charge on any atom is 0.129 e. The molecule has 1 aliphatic rings. The second-order valence-electron chi connectivity index (χ2n) is 6.73. The Hall–Kier alpha value is -1.98. The predicted octanol–water partition coefficient (Wildman–Crippen LogP) is 4.35. The Morgan fingerprint density at radius 1 is 1.12 bits per heavy atom. The van der Waals surface area contributed by atoms with Gasteiger partial charge in [0.15, 0.2) is 0 Å². The molecule has 3 aromatic rings. The minimum Gasteiger partial charge on any atom is -0.381 e. The first-order valence-electron chi connectivity index (χ1n) is 8.69. The van der Waals surface area contributed by atoms with Crippen molar-refractivity contribution in [3.05, 3.63) is 41.9 Å². The Morgan fingerprint density at radius 2 is 1.96 bits per heavy atom. The van der Waals surface area contributed by atoms with E-state index in [4.69, 9.17) is 16.3 Å². The summed E-state index contributed by atoms with van der Waals surface area (Å²) >= 11 is 5.99. The van der Waals surface area contributed by atoms with Crippen LogP contribution in [-0.4, -0.2) is 33.0 Å². The molecule has 0 bridgehead atoms. The zero-order valence-corrected chi connectivity index (χ0v) is 15.0. The predicted molar refractivity (Wildman–Crippen MR) is 98.5 cm³/mol. The number of aromatic nitrogens is 4. The molecule has 1 saturated carbocycles. The second kappa shape index (κ2) is 7.10. The number of nitrogens with zero attached hydrogens (tertiary/aromatic N) is 4. The second-order valence-corrected chi connectivity index (χ2v) is 7.11. The first-order chi connectivity index (χ1) is 12.2. The van der Waals surface area contributed by atoms with Crippen molar-refractivity contribution in [1.82, 2.24) is 19.7 Å². The molecular formula is C19H21ClN4O. The molecule has 0 radical (unpaired) electrons. The van der Waals surface area contributed by atoms with E-state index in [9.17, 15) is 0 Å². The number of pyridine rings is 2. The van der Waals surface area contributed by atoms with Gasteiger partial charge >= 0.3 is 0 Å². The van der Waals surface area contributed by atoms with Gasteiger partial charge in [0.1, 0.15) is 5.15 Å². The van der Waals surface area contributed by atoms with Crippen molar-refractivity contribution in [2.45, 2.75) is 38.3 Å². The maximum absolute atomic E-state index is 5.99. The molecule has 0 N–H and O–H groups in total. The van der Waals surface area contributed by atoms with Crippen LogP contribution in [0.5, 0.6) is 0 Å². The molecule has 0 saturated heterocycles. The number of halogens is 1. The molecule has 0 aromatic carbocycles. The fourth-order valence-corrected chi connectivity index (χ4v) is 3.72. The SMILES string of the molecule is COC1CCC(Cn2cc(-c3cnc4ccc(Cl)nc4c3)cn2)CC1. The lowest BCUT2D eigenvalue weighted by molar-refractivity contribution is 0.0536. The average Bonchev–Trinajstić information content (AvgIpc) is 3.10. The lowest BCUT2D eigenvalue weighted by Crippen LogP contribution is -2.23. The summed E-state index contributed by atoms with van der Waals surface area (Å²) in [6.45, 7) is 0.960. The van der Waals surface area contributed by atoms with Gasteiger partial charge in [-0.05, 0) is 49.8 Å². The van der Waals surface area contributed by atoms with Crippen LogP contribution in [-0.2, 0) is 11.3 Å². The van der Waals surface area contributed by atoms with E-state index in [2.05, 4.69) is 21.3 Å². The molecular weight excluding hydrogens is 336 g/mol. The Labute approximate surface area is 152 Å². The summed E-state index contributed by atoms with van der Waals surface area (Å²) in [6, 6.07) is 5.65. The van der Waals surface area contributed by atoms with Crippen LogP contribution in [0.25, 0.3) is 22.2 Å². The van der Waals surface area contributed by atoms with E-state index < -0.39 is 0 Å². The van der Waals surface area contributed by atoms with Gasteiger partial charge < -0.3 is 4.74 Å². The summed E-state index contributed by atoms with van der Waals surface area (Å²) in [5, 5.41) is 5.02. The molecule has 4 rings (SSSR count). The quantitative estimate of drug-likeness (QED) is 0.652. The molecule has 3 heterocycles. The van der Waals surface area contributed by atoms with Crippen molar-refractivity contribution in [2.75, 3.05) is 7.11 Å². The average molecular weight is 357 g/mol. The van der Waals surface area contributed by atoms with Crippen LogP contribution in [0.1, 0.15) is 25.7 Å². The van der Waals surface area contributed by atoms with Crippen LogP contribution in [0.3, 0.4) is 0 Å². The number of ether oxygens (including phenoxy) is 1. The van der Waals surface area contributed by atoms with Gasteiger partial charge in [0.25, 0.3) is 0 Å². The monoisotopic (exact) mass is 356 g/mol. The summed E-state index contributed by atoms with van der Waals surface area (Å²) in [6.07, 6.45) is 11.0. The molecule has 0 unspecified atom stereocenters. The third-order valence-electron chi connectivity index (χ3n) is 5.04. The highest BCUT2D eigenvalue weighted by atomic mass is 35.5. The smallest absolute Gasteiger partial charge is 0.129 e. The van der Waals surface area contributed by atoms with Crippen molar-refractivity contribution < 1.29 is 4.74 Å². The molecule has 130 valence electrons. The van der Waals surface area contributed by atoms with Gasteiger partial charge in [-0.25, -0.2) is 4.98 Å². The third kappa shape index (κ3) is 3.67. The van der Waals surface area contributed by atoms with Gasteiger partial charge in [-0.15, -0.1) is 0 Å². The highest BCUT2D eigenvalue weighted by Gasteiger charge is 2.21. The first kappa shape index (κ1) is 16.5. The third-order valence-corrected chi connectivity index (χ3v) is 5.25. The zero-order valence-electron chi connectivity index (χ0n) is 14.2. The number of fused-ring (bicyclic) bond motifs is 1. The molecule has 25 heavy (non-hydrogen) atoms. The van der Waals surface area contributed by atoms with Crippen LogP contribution < -0.4 is 0 Å². The van der Waals surface area contributed by atoms with Crippen LogP contribution in [0.15, 0.2) is 36.8 Å². The van der Waals surface area contributed by atoms with Gasteiger partial charge in [-0.3, -0.25) is 9.67 Å². The standard InChI is InChI=1S/C19H21ClN4O/c1-25-16-4-2-13(3-5-16)11-24-12-15(10-22-24)14-8-18-17(21-9-14)6-7-19(20)23-18/h6-10,12-13,16H,2-5,11H2,1H3. The normalized spacial score (nSPS) is 20.9. The van der Waals surface area contributed by atoms with Crippen LogP contribution in [0.2, 0.25) is 5.15 Å². The van der Waals surface area contributed by atoms with Crippen molar-refractivity contribution in [1.29, 1.82) is 0 Å². The Balaban J connectivity index is 1.49. The van der Waals surface area contributed by atoms with Crippen LogP contribution in [0.4, 0.5) is 0 Å². The van der Waals surface area contributed by atoms with Gasteiger partial charge in [0, 0.05) is 37.2 Å². The fourth-order valence-electron chi connectivity index (χ4n) is 3.57. The largest absolute Gasteiger partial charge is 0.381 e. The molecule has 3 aromatic heterocycles. The molecule has 5 nitrogen and oxygen atoms in total. The molecule has 0 spiro atoms. The Bertz CT molecular complexity index is 871. The van der Waals surface area contributed by atoms with Crippen molar-refractivity contribution in [3.63, 3.8) is 0 Å². The topological polar surface area (TPSA) is 52.8 Å². The Kier molecular flexibility index (Phi) is 4.68. The number of hydrogen-bond donors (Lipinski definition) is 0.